The highest BCUT2D eigenvalue weighted by atomic mass is 16.5. The normalized spacial score (nSPS) is 10.9. The lowest BCUT2D eigenvalue weighted by atomic mass is 10.2. The van der Waals surface area contributed by atoms with Gasteiger partial charge in [-0.25, -0.2) is 0 Å². The molecular formula is C12H21NO2. The van der Waals surface area contributed by atoms with Gasteiger partial charge in [0.15, 0.2) is 0 Å². The predicted molar refractivity (Wildman–Crippen MR) is 60.5 cm³/mol. The average molecular weight is 211 g/mol. The Balaban J connectivity index is 2.25. The summed E-state index contributed by atoms with van der Waals surface area (Å²) in [5.74, 6) is 1.74. The Hall–Kier alpha value is -0.800. The van der Waals surface area contributed by atoms with Crippen molar-refractivity contribution in [2.24, 2.45) is 5.73 Å². The highest BCUT2D eigenvalue weighted by Crippen LogP contribution is 2.14. The van der Waals surface area contributed by atoms with Gasteiger partial charge in [0.2, 0.25) is 0 Å². The molecule has 3 nitrogen and oxygen atoms in total. The van der Waals surface area contributed by atoms with Crippen LogP contribution >= 0.6 is 0 Å². The van der Waals surface area contributed by atoms with E-state index in [4.69, 9.17) is 14.9 Å². The van der Waals surface area contributed by atoms with Crippen LogP contribution < -0.4 is 5.73 Å². The summed E-state index contributed by atoms with van der Waals surface area (Å²) in [6, 6.07) is 2.00. The van der Waals surface area contributed by atoms with E-state index in [2.05, 4.69) is 6.92 Å². The number of nitrogens with two attached hydrogens (primary N) is 1. The maximum absolute atomic E-state index is 5.52. The first-order valence-electron chi connectivity index (χ1n) is 5.64. The van der Waals surface area contributed by atoms with Crippen LogP contribution in [0, 0.1) is 6.92 Å². The van der Waals surface area contributed by atoms with Gasteiger partial charge in [-0.15, -0.1) is 0 Å². The van der Waals surface area contributed by atoms with E-state index in [0.29, 0.717) is 13.2 Å². The van der Waals surface area contributed by atoms with E-state index in [9.17, 15) is 0 Å². The monoisotopic (exact) mass is 211 g/mol. The molecule has 0 atom stereocenters. The predicted octanol–water partition coefficient (Wildman–Crippen LogP) is 2.75. The van der Waals surface area contributed by atoms with Gasteiger partial charge in [0.05, 0.1) is 6.54 Å². The van der Waals surface area contributed by atoms with E-state index >= 15 is 0 Å². The highest BCUT2D eigenvalue weighted by Gasteiger charge is 2.05. The van der Waals surface area contributed by atoms with Crippen molar-refractivity contribution < 1.29 is 9.15 Å². The van der Waals surface area contributed by atoms with Crippen LogP contribution in [-0.2, 0) is 17.9 Å². The van der Waals surface area contributed by atoms with Crippen LogP contribution in [0.25, 0.3) is 0 Å². The van der Waals surface area contributed by atoms with Crippen LogP contribution in [0.1, 0.15) is 43.3 Å². The lowest BCUT2D eigenvalue weighted by Crippen LogP contribution is -1.96. The summed E-state index contributed by atoms with van der Waals surface area (Å²) >= 11 is 0. The van der Waals surface area contributed by atoms with Crippen LogP contribution in [0.4, 0.5) is 0 Å². The lowest BCUT2D eigenvalue weighted by Gasteiger charge is -2.00. The molecule has 0 saturated heterocycles. The summed E-state index contributed by atoms with van der Waals surface area (Å²) in [6.45, 7) is 6.02. The van der Waals surface area contributed by atoms with E-state index in [1.165, 1.54) is 12.8 Å². The molecule has 0 aliphatic rings. The van der Waals surface area contributed by atoms with E-state index in [-0.39, 0.29) is 0 Å². The number of unbranched alkanes of at least 4 members (excludes halogenated alkanes) is 2. The summed E-state index contributed by atoms with van der Waals surface area (Å²) in [4.78, 5) is 0. The second-order valence-corrected chi connectivity index (χ2v) is 3.78. The Kier molecular flexibility index (Phi) is 5.43. The molecule has 0 unspecified atom stereocenters. The number of furan rings is 1. The van der Waals surface area contributed by atoms with Crippen LogP contribution in [-0.4, -0.2) is 6.61 Å². The van der Waals surface area contributed by atoms with E-state index < -0.39 is 0 Å². The van der Waals surface area contributed by atoms with Gasteiger partial charge >= 0.3 is 0 Å². The van der Waals surface area contributed by atoms with Gasteiger partial charge in [-0.05, 0) is 25.0 Å². The molecular weight excluding hydrogens is 190 g/mol. The van der Waals surface area contributed by atoms with Gasteiger partial charge in [-0.1, -0.05) is 19.8 Å². The average Bonchev–Trinajstić information content (AvgIpc) is 2.59. The summed E-state index contributed by atoms with van der Waals surface area (Å²) < 4.78 is 11.0. The zero-order valence-electron chi connectivity index (χ0n) is 9.71. The van der Waals surface area contributed by atoms with Crippen molar-refractivity contribution in [3.05, 3.63) is 23.2 Å². The Morgan fingerprint density at radius 3 is 2.80 bits per heavy atom. The summed E-state index contributed by atoms with van der Waals surface area (Å²) in [5, 5.41) is 0. The zero-order chi connectivity index (χ0) is 11.1. The third kappa shape index (κ3) is 4.06. The van der Waals surface area contributed by atoms with Crippen molar-refractivity contribution in [3.8, 4) is 0 Å². The van der Waals surface area contributed by atoms with Crippen LogP contribution in [0.3, 0.4) is 0 Å². The third-order valence-electron chi connectivity index (χ3n) is 2.39. The molecule has 0 aromatic carbocycles. The SMILES string of the molecule is CCCCCOCc1cc(C)c(CN)o1. The van der Waals surface area contributed by atoms with Crippen molar-refractivity contribution >= 4 is 0 Å². The fourth-order valence-electron chi connectivity index (χ4n) is 1.49. The molecule has 1 rings (SSSR count). The summed E-state index contributed by atoms with van der Waals surface area (Å²) in [5.41, 5.74) is 6.64. The Bertz CT molecular complexity index is 281. The highest BCUT2D eigenvalue weighted by molar-refractivity contribution is 5.19. The minimum atomic E-state index is 0.460. The Morgan fingerprint density at radius 2 is 2.20 bits per heavy atom. The minimum absolute atomic E-state index is 0.460. The molecule has 0 aliphatic heterocycles. The Labute approximate surface area is 91.6 Å². The van der Waals surface area contributed by atoms with Gasteiger partial charge in [0, 0.05) is 6.61 Å². The molecule has 0 spiro atoms. The van der Waals surface area contributed by atoms with Crippen molar-refractivity contribution in [1.29, 1.82) is 0 Å². The summed E-state index contributed by atoms with van der Waals surface area (Å²) in [6.07, 6.45) is 3.58. The molecule has 0 fully saturated rings. The number of ether oxygens (including phenoxy) is 1. The topological polar surface area (TPSA) is 48.4 Å². The van der Waals surface area contributed by atoms with E-state index in [1.807, 2.05) is 13.0 Å². The second kappa shape index (κ2) is 6.64. The molecule has 0 radical (unpaired) electrons. The standard InChI is InChI=1S/C12H21NO2/c1-3-4-5-6-14-9-11-7-10(2)12(8-13)15-11/h7H,3-6,8-9,13H2,1-2H3. The number of rotatable bonds is 7. The van der Waals surface area contributed by atoms with Gasteiger partial charge < -0.3 is 14.9 Å². The molecule has 0 bridgehead atoms. The number of hydrogen-bond donors (Lipinski definition) is 1. The molecule has 86 valence electrons. The van der Waals surface area contributed by atoms with Gasteiger partial charge in [-0.2, -0.15) is 0 Å². The molecule has 0 amide bonds. The molecule has 15 heavy (non-hydrogen) atoms. The van der Waals surface area contributed by atoms with Gasteiger partial charge in [-0.3, -0.25) is 0 Å². The second-order valence-electron chi connectivity index (χ2n) is 3.78. The van der Waals surface area contributed by atoms with Crippen LogP contribution in [0.5, 0.6) is 0 Å². The maximum Gasteiger partial charge on any atom is 0.130 e. The smallest absolute Gasteiger partial charge is 0.130 e. The van der Waals surface area contributed by atoms with E-state index in [0.717, 1.165) is 30.1 Å². The number of hydrogen-bond acceptors (Lipinski definition) is 3. The lowest BCUT2D eigenvalue weighted by molar-refractivity contribution is 0.102. The Morgan fingerprint density at radius 1 is 1.40 bits per heavy atom. The fraction of sp³-hybridized carbons (Fsp3) is 0.667. The first-order valence-corrected chi connectivity index (χ1v) is 5.64. The maximum atomic E-state index is 5.52. The van der Waals surface area contributed by atoms with Crippen molar-refractivity contribution in [2.45, 2.75) is 46.3 Å². The van der Waals surface area contributed by atoms with Crippen molar-refractivity contribution in [3.63, 3.8) is 0 Å². The minimum Gasteiger partial charge on any atom is -0.462 e. The molecule has 1 heterocycles. The van der Waals surface area contributed by atoms with Gasteiger partial charge in [0.1, 0.15) is 18.1 Å². The third-order valence-corrected chi connectivity index (χ3v) is 2.39. The quantitative estimate of drug-likeness (QED) is 0.705. The largest absolute Gasteiger partial charge is 0.462 e. The molecule has 0 saturated carbocycles. The van der Waals surface area contributed by atoms with Crippen molar-refractivity contribution in [1.82, 2.24) is 0 Å². The van der Waals surface area contributed by atoms with Crippen LogP contribution in [0.15, 0.2) is 10.5 Å². The summed E-state index contributed by atoms with van der Waals surface area (Å²) in [7, 11) is 0. The fourth-order valence-corrected chi connectivity index (χ4v) is 1.49. The number of aryl methyl sites for hydroxylation is 1. The molecule has 1 aromatic rings. The molecule has 3 heteroatoms. The first-order chi connectivity index (χ1) is 7.27. The van der Waals surface area contributed by atoms with Gasteiger partial charge in [0.25, 0.3) is 0 Å². The van der Waals surface area contributed by atoms with E-state index in [1.54, 1.807) is 0 Å². The zero-order valence-corrected chi connectivity index (χ0v) is 9.71. The first kappa shape index (κ1) is 12.3. The molecule has 2 N–H and O–H groups in total. The van der Waals surface area contributed by atoms with Crippen molar-refractivity contribution in [2.75, 3.05) is 6.61 Å². The molecule has 0 aliphatic carbocycles. The van der Waals surface area contributed by atoms with Crippen LogP contribution in [0.2, 0.25) is 0 Å². The molecule has 1 aromatic heterocycles.